The van der Waals surface area contributed by atoms with Crippen molar-refractivity contribution in [1.29, 1.82) is 0 Å². The molecule has 0 amide bonds. The quantitative estimate of drug-likeness (QED) is 0.496. The zero-order valence-corrected chi connectivity index (χ0v) is 8.72. The Balaban J connectivity index is 3.19. The van der Waals surface area contributed by atoms with E-state index >= 15 is 0 Å². The van der Waals surface area contributed by atoms with Crippen molar-refractivity contribution in [2.75, 3.05) is 6.54 Å². The van der Waals surface area contributed by atoms with Crippen LogP contribution in [-0.2, 0) is 15.0 Å². The third-order valence-electron chi connectivity index (χ3n) is 1.62. The molecule has 0 aliphatic rings. The van der Waals surface area contributed by atoms with Gasteiger partial charge in [0.1, 0.15) is 0 Å². The van der Waals surface area contributed by atoms with E-state index in [9.17, 15) is 13.2 Å². The summed E-state index contributed by atoms with van der Waals surface area (Å²) in [4.78, 5) is 10.1. The molecule has 84 valence electrons. The highest BCUT2D eigenvalue weighted by Crippen LogP contribution is 2.02. The Morgan fingerprint density at radius 1 is 1.21 bits per heavy atom. The van der Waals surface area contributed by atoms with Gasteiger partial charge in [0.25, 0.3) is 10.2 Å². The van der Waals surface area contributed by atoms with Crippen molar-refractivity contribution in [3.63, 3.8) is 0 Å². The Morgan fingerprint density at radius 2 is 1.79 bits per heavy atom. The highest BCUT2D eigenvalue weighted by Gasteiger charge is 1.99. The molecule has 0 bridgehead atoms. The van der Waals surface area contributed by atoms with E-state index in [4.69, 9.17) is 10.2 Å². The molecule has 0 saturated carbocycles. The van der Waals surface area contributed by atoms with Crippen molar-refractivity contribution in [3.8, 4) is 0 Å². The van der Waals surface area contributed by atoms with E-state index in [2.05, 4.69) is 4.72 Å². The van der Waals surface area contributed by atoms with Gasteiger partial charge in [0.05, 0.1) is 0 Å². The van der Waals surface area contributed by atoms with E-state index < -0.39 is 16.2 Å². The van der Waals surface area contributed by atoms with E-state index in [0.717, 1.165) is 12.8 Å². The molecule has 0 spiro atoms. The molecule has 0 atom stereocenters. The van der Waals surface area contributed by atoms with Crippen LogP contribution in [0.15, 0.2) is 0 Å². The third kappa shape index (κ3) is 11.3. The lowest BCUT2D eigenvalue weighted by Gasteiger charge is -2.01. The SMILES string of the molecule is NS(=O)(=O)NCCCCCCC(=O)O. The number of unbranched alkanes of at least 4 members (excludes halogenated alkanes) is 3. The zero-order valence-electron chi connectivity index (χ0n) is 7.90. The molecular weight excluding hydrogens is 208 g/mol. The van der Waals surface area contributed by atoms with Gasteiger partial charge >= 0.3 is 5.97 Å². The molecule has 0 aliphatic carbocycles. The van der Waals surface area contributed by atoms with Gasteiger partial charge in [0, 0.05) is 13.0 Å². The Kier molecular flexibility index (Phi) is 6.43. The van der Waals surface area contributed by atoms with Gasteiger partial charge in [-0.15, -0.1) is 0 Å². The van der Waals surface area contributed by atoms with Gasteiger partial charge in [-0.05, 0) is 12.8 Å². The van der Waals surface area contributed by atoms with Gasteiger partial charge < -0.3 is 5.11 Å². The van der Waals surface area contributed by atoms with E-state index in [-0.39, 0.29) is 6.42 Å². The summed E-state index contributed by atoms with van der Waals surface area (Å²) in [5.41, 5.74) is 0. The molecule has 7 heteroatoms. The fraction of sp³-hybridized carbons (Fsp3) is 0.857. The second kappa shape index (κ2) is 6.74. The van der Waals surface area contributed by atoms with E-state index in [0.29, 0.717) is 19.4 Å². The predicted octanol–water partition coefficient (Wildman–Crippen LogP) is -0.185. The minimum Gasteiger partial charge on any atom is -0.481 e. The summed E-state index contributed by atoms with van der Waals surface area (Å²) in [5.74, 6) is -0.798. The summed E-state index contributed by atoms with van der Waals surface area (Å²) in [7, 11) is -3.57. The van der Waals surface area contributed by atoms with Crippen molar-refractivity contribution in [3.05, 3.63) is 0 Å². The number of nitrogens with one attached hydrogen (secondary N) is 1. The smallest absolute Gasteiger partial charge is 0.303 e. The number of carboxylic acids is 1. The molecule has 0 rings (SSSR count). The van der Waals surface area contributed by atoms with E-state index in [1.165, 1.54) is 0 Å². The zero-order chi connectivity index (χ0) is 11.0. The summed E-state index contributed by atoms with van der Waals surface area (Å²) in [6.45, 7) is 0.311. The Hall–Kier alpha value is -0.660. The van der Waals surface area contributed by atoms with Crippen molar-refractivity contribution >= 4 is 16.2 Å². The molecule has 0 aliphatic heterocycles. The highest BCUT2D eigenvalue weighted by molar-refractivity contribution is 7.87. The number of hydrogen-bond acceptors (Lipinski definition) is 3. The number of carboxylic acid groups (broad SMARTS) is 1. The Bertz CT molecular complexity index is 263. The van der Waals surface area contributed by atoms with Gasteiger partial charge in [0.15, 0.2) is 0 Å². The van der Waals surface area contributed by atoms with Crippen LogP contribution in [0.4, 0.5) is 0 Å². The average Bonchev–Trinajstić information content (AvgIpc) is 2.00. The molecule has 0 fully saturated rings. The number of aliphatic carboxylic acids is 1. The van der Waals surface area contributed by atoms with Crippen LogP contribution in [0.5, 0.6) is 0 Å². The number of hydrogen-bond donors (Lipinski definition) is 3. The van der Waals surface area contributed by atoms with Gasteiger partial charge in [0.2, 0.25) is 0 Å². The summed E-state index contributed by atoms with van der Waals surface area (Å²) in [5, 5.41) is 13.0. The molecule has 4 N–H and O–H groups in total. The molecule has 0 unspecified atom stereocenters. The standard InChI is InChI=1S/C7H16N2O4S/c8-14(12,13)9-6-4-2-1-3-5-7(10)11/h9H,1-6H2,(H,10,11)(H2,8,12,13). The Morgan fingerprint density at radius 3 is 2.29 bits per heavy atom. The molecule has 0 aromatic heterocycles. The van der Waals surface area contributed by atoms with Crippen LogP contribution >= 0.6 is 0 Å². The third-order valence-corrected chi connectivity index (χ3v) is 2.23. The molecule has 0 aromatic carbocycles. The topological polar surface area (TPSA) is 109 Å². The minimum absolute atomic E-state index is 0.169. The first-order chi connectivity index (χ1) is 6.42. The molecule has 14 heavy (non-hydrogen) atoms. The van der Waals surface area contributed by atoms with E-state index in [1.54, 1.807) is 0 Å². The molecular formula is C7H16N2O4S. The van der Waals surface area contributed by atoms with Crippen molar-refractivity contribution in [1.82, 2.24) is 4.72 Å². The maximum Gasteiger partial charge on any atom is 0.303 e. The molecule has 6 nitrogen and oxygen atoms in total. The first-order valence-corrected chi connectivity index (χ1v) is 5.95. The molecule has 0 aromatic rings. The Labute approximate surface area is 83.7 Å². The lowest BCUT2D eigenvalue weighted by Crippen LogP contribution is -2.31. The van der Waals surface area contributed by atoms with Gasteiger partial charge in [-0.1, -0.05) is 12.8 Å². The summed E-state index contributed by atoms with van der Waals surface area (Å²) < 4.78 is 23.0. The van der Waals surface area contributed by atoms with Crippen LogP contribution in [0.3, 0.4) is 0 Å². The van der Waals surface area contributed by atoms with Gasteiger partial charge in [-0.25, -0.2) is 9.86 Å². The fourth-order valence-electron chi connectivity index (χ4n) is 0.969. The normalized spacial score (nSPS) is 11.5. The maximum absolute atomic E-state index is 10.4. The maximum atomic E-state index is 10.4. The van der Waals surface area contributed by atoms with Crippen LogP contribution in [-0.4, -0.2) is 26.0 Å². The highest BCUT2D eigenvalue weighted by atomic mass is 32.2. The van der Waals surface area contributed by atoms with Crippen LogP contribution in [0, 0.1) is 0 Å². The molecule has 0 heterocycles. The first kappa shape index (κ1) is 13.3. The lowest BCUT2D eigenvalue weighted by molar-refractivity contribution is -0.137. The fourth-order valence-corrected chi connectivity index (χ4v) is 1.40. The molecule has 0 saturated heterocycles. The van der Waals surface area contributed by atoms with E-state index in [1.807, 2.05) is 0 Å². The summed E-state index contributed by atoms with van der Waals surface area (Å²) >= 11 is 0. The van der Waals surface area contributed by atoms with Crippen LogP contribution in [0.2, 0.25) is 0 Å². The monoisotopic (exact) mass is 224 g/mol. The number of carbonyl (C=O) groups is 1. The number of rotatable bonds is 8. The second-order valence-corrected chi connectivity index (χ2v) is 4.38. The van der Waals surface area contributed by atoms with Crippen molar-refractivity contribution in [2.45, 2.75) is 32.1 Å². The summed E-state index contributed by atoms with van der Waals surface area (Å²) in [6.07, 6.45) is 3.07. The van der Waals surface area contributed by atoms with Gasteiger partial charge in [-0.3, -0.25) is 4.79 Å². The average molecular weight is 224 g/mol. The largest absolute Gasteiger partial charge is 0.481 e. The van der Waals surface area contributed by atoms with Gasteiger partial charge in [-0.2, -0.15) is 8.42 Å². The van der Waals surface area contributed by atoms with Crippen molar-refractivity contribution in [2.24, 2.45) is 5.14 Å². The second-order valence-electron chi connectivity index (χ2n) is 3.00. The molecule has 0 radical (unpaired) electrons. The van der Waals surface area contributed by atoms with Crippen LogP contribution < -0.4 is 9.86 Å². The first-order valence-electron chi connectivity index (χ1n) is 4.41. The van der Waals surface area contributed by atoms with Crippen molar-refractivity contribution < 1.29 is 18.3 Å². The minimum atomic E-state index is -3.57. The van der Waals surface area contributed by atoms with Crippen LogP contribution in [0.25, 0.3) is 0 Å². The van der Waals surface area contributed by atoms with Crippen LogP contribution in [0.1, 0.15) is 32.1 Å². The predicted molar refractivity (Wildman–Crippen MR) is 51.8 cm³/mol. The lowest BCUT2D eigenvalue weighted by atomic mass is 10.1. The summed E-state index contributed by atoms with van der Waals surface area (Å²) in [6, 6.07) is 0. The number of nitrogens with two attached hydrogens (primary N) is 1.